The summed E-state index contributed by atoms with van der Waals surface area (Å²) >= 11 is 11.5. The number of amides is 2. The molecule has 0 unspecified atom stereocenters. The van der Waals surface area contributed by atoms with Crippen LogP contribution in [0.4, 0.5) is 5.69 Å². The average Bonchev–Trinajstić information content (AvgIpc) is 2.43. The van der Waals surface area contributed by atoms with Crippen molar-refractivity contribution in [3.8, 4) is 5.75 Å². The lowest BCUT2D eigenvalue weighted by Gasteiger charge is -2.18. The van der Waals surface area contributed by atoms with Crippen molar-refractivity contribution < 1.29 is 14.7 Å². The van der Waals surface area contributed by atoms with Crippen molar-refractivity contribution in [3.05, 3.63) is 22.2 Å². The molecule has 1 rings (SSSR count). The summed E-state index contributed by atoms with van der Waals surface area (Å²) in [5.41, 5.74) is 0.378. The monoisotopic (exact) mass is 332 g/mol. The van der Waals surface area contributed by atoms with E-state index >= 15 is 0 Å². The van der Waals surface area contributed by atoms with Crippen LogP contribution in [0.25, 0.3) is 0 Å². The standard InChI is InChI=1S/C14H18Cl2N2O3/c1-3-18(4-2)13(20)6-5-12(19)17-9-7-10(15)14(21)11(16)8-9/h7-8,21H,3-6H2,1-2H3,(H,17,19). The van der Waals surface area contributed by atoms with Gasteiger partial charge in [0.15, 0.2) is 5.75 Å². The maximum absolute atomic E-state index is 11.8. The van der Waals surface area contributed by atoms with Gasteiger partial charge in [0.2, 0.25) is 11.8 Å². The van der Waals surface area contributed by atoms with Gasteiger partial charge in [0.05, 0.1) is 10.0 Å². The molecule has 0 aliphatic heterocycles. The summed E-state index contributed by atoms with van der Waals surface area (Å²) in [5.74, 6) is -0.599. The molecule has 0 fully saturated rings. The maximum atomic E-state index is 11.8. The maximum Gasteiger partial charge on any atom is 0.224 e. The van der Waals surface area contributed by atoms with Crippen molar-refractivity contribution in [2.75, 3.05) is 18.4 Å². The molecule has 0 bridgehead atoms. The van der Waals surface area contributed by atoms with Gasteiger partial charge in [-0.25, -0.2) is 0 Å². The number of halogens is 2. The number of aromatic hydroxyl groups is 1. The highest BCUT2D eigenvalue weighted by molar-refractivity contribution is 6.37. The Kier molecular flexibility index (Phi) is 6.78. The van der Waals surface area contributed by atoms with Gasteiger partial charge in [0, 0.05) is 31.6 Å². The molecule has 5 nitrogen and oxygen atoms in total. The topological polar surface area (TPSA) is 69.6 Å². The van der Waals surface area contributed by atoms with E-state index in [9.17, 15) is 14.7 Å². The number of anilines is 1. The number of carbonyl (C=O) groups excluding carboxylic acids is 2. The minimum atomic E-state index is -0.312. The number of benzene rings is 1. The van der Waals surface area contributed by atoms with Gasteiger partial charge < -0.3 is 15.3 Å². The van der Waals surface area contributed by atoms with Crippen LogP contribution in [0.15, 0.2) is 12.1 Å². The Morgan fingerprint density at radius 1 is 1.14 bits per heavy atom. The number of phenols is 1. The molecule has 0 aromatic heterocycles. The summed E-state index contributed by atoms with van der Waals surface area (Å²) in [6.45, 7) is 5.03. The molecule has 0 radical (unpaired) electrons. The molecule has 21 heavy (non-hydrogen) atoms. The van der Waals surface area contributed by atoms with Crippen LogP contribution in [-0.4, -0.2) is 34.9 Å². The second kappa shape index (κ2) is 8.10. The third kappa shape index (κ3) is 5.10. The van der Waals surface area contributed by atoms with Crippen LogP contribution in [0, 0.1) is 0 Å². The van der Waals surface area contributed by atoms with Crippen LogP contribution >= 0.6 is 23.2 Å². The van der Waals surface area contributed by atoms with Gasteiger partial charge in [-0.2, -0.15) is 0 Å². The van der Waals surface area contributed by atoms with E-state index in [4.69, 9.17) is 23.2 Å². The number of hydrogen-bond acceptors (Lipinski definition) is 3. The summed E-state index contributed by atoms with van der Waals surface area (Å²) in [4.78, 5) is 25.2. The fourth-order valence-electron chi connectivity index (χ4n) is 1.82. The largest absolute Gasteiger partial charge is 0.505 e. The predicted molar refractivity (Wildman–Crippen MR) is 83.9 cm³/mol. The Balaban J connectivity index is 2.57. The first-order valence-electron chi connectivity index (χ1n) is 6.64. The summed E-state index contributed by atoms with van der Waals surface area (Å²) in [7, 11) is 0. The molecule has 1 aromatic carbocycles. The zero-order chi connectivity index (χ0) is 16.0. The lowest BCUT2D eigenvalue weighted by molar-refractivity contribution is -0.132. The zero-order valence-corrected chi connectivity index (χ0v) is 13.5. The average molecular weight is 333 g/mol. The van der Waals surface area contributed by atoms with Gasteiger partial charge in [-0.1, -0.05) is 23.2 Å². The minimum absolute atomic E-state index is 0.0528. The summed E-state index contributed by atoms with van der Waals surface area (Å²) in [6, 6.07) is 2.79. The molecule has 0 aliphatic carbocycles. The van der Waals surface area contributed by atoms with E-state index in [2.05, 4.69) is 5.32 Å². The molecule has 7 heteroatoms. The van der Waals surface area contributed by atoms with Crippen LogP contribution in [0.5, 0.6) is 5.75 Å². The quantitative estimate of drug-likeness (QED) is 0.785. The first kappa shape index (κ1) is 17.6. The van der Waals surface area contributed by atoms with Gasteiger partial charge in [0.25, 0.3) is 0 Å². The van der Waals surface area contributed by atoms with Crippen molar-refractivity contribution >= 4 is 40.7 Å². The molecule has 116 valence electrons. The van der Waals surface area contributed by atoms with E-state index in [-0.39, 0.29) is 40.5 Å². The van der Waals surface area contributed by atoms with Crippen LogP contribution in [0.2, 0.25) is 10.0 Å². The Morgan fingerprint density at radius 2 is 1.67 bits per heavy atom. The predicted octanol–water partition coefficient (Wildman–Crippen LogP) is 3.29. The van der Waals surface area contributed by atoms with E-state index in [0.29, 0.717) is 18.8 Å². The van der Waals surface area contributed by atoms with E-state index in [1.807, 2.05) is 13.8 Å². The van der Waals surface area contributed by atoms with Crippen molar-refractivity contribution in [2.24, 2.45) is 0 Å². The first-order chi connectivity index (χ1) is 9.88. The van der Waals surface area contributed by atoms with E-state index in [1.165, 1.54) is 12.1 Å². The fraction of sp³-hybridized carbons (Fsp3) is 0.429. The number of nitrogens with zero attached hydrogens (tertiary/aromatic N) is 1. The summed E-state index contributed by atoms with van der Waals surface area (Å²) < 4.78 is 0. The van der Waals surface area contributed by atoms with Gasteiger partial charge >= 0.3 is 0 Å². The minimum Gasteiger partial charge on any atom is -0.505 e. The van der Waals surface area contributed by atoms with Gasteiger partial charge in [-0.3, -0.25) is 9.59 Å². The normalized spacial score (nSPS) is 10.3. The van der Waals surface area contributed by atoms with Crippen LogP contribution in [0.3, 0.4) is 0 Å². The molecule has 2 amide bonds. The number of carbonyl (C=O) groups is 2. The summed E-state index contributed by atoms with van der Waals surface area (Å²) in [6.07, 6.45) is 0.221. The van der Waals surface area contributed by atoms with E-state index < -0.39 is 0 Å². The number of rotatable bonds is 6. The van der Waals surface area contributed by atoms with Crippen molar-refractivity contribution in [2.45, 2.75) is 26.7 Å². The Labute approximate surface area is 133 Å². The van der Waals surface area contributed by atoms with Crippen LogP contribution in [0.1, 0.15) is 26.7 Å². The lowest BCUT2D eigenvalue weighted by Crippen LogP contribution is -2.31. The lowest BCUT2D eigenvalue weighted by atomic mass is 10.2. The molecular weight excluding hydrogens is 315 g/mol. The fourth-order valence-corrected chi connectivity index (χ4v) is 2.30. The van der Waals surface area contributed by atoms with Gasteiger partial charge in [0.1, 0.15) is 0 Å². The molecular formula is C14H18Cl2N2O3. The highest BCUT2D eigenvalue weighted by Crippen LogP contribution is 2.34. The first-order valence-corrected chi connectivity index (χ1v) is 7.40. The smallest absolute Gasteiger partial charge is 0.224 e. The van der Waals surface area contributed by atoms with E-state index in [1.54, 1.807) is 4.90 Å². The summed E-state index contributed by atoms with van der Waals surface area (Å²) in [5, 5.41) is 12.1. The number of phenolic OH excluding ortho intramolecular Hbond substituents is 1. The molecule has 0 saturated heterocycles. The number of nitrogens with one attached hydrogen (secondary N) is 1. The van der Waals surface area contributed by atoms with Crippen LogP contribution < -0.4 is 5.32 Å². The highest BCUT2D eigenvalue weighted by atomic mass is 35.5. The van der Waals surface area contributed by atoms with Crippen LogP contribution in [-0.2, 0) is 9.59 Å². The van der Waals surface area contributed by atoms with Crippen molar-refractivity contribution in [3.63, 3.8) is 0 Å². The van der Waals surface area contributed by atoms with Crippen molar-refractivity contribution in [1.29, 1.82) is 0 Å². The molecule has 1 aromatic rings. The zero-order valence-electron chi connectivity index (χ0n) is 11.9. The van der Waals surface area contributed by atoms with E-state index in [0.717, 1.165) is 0 Å². The molecule has 2 N–H and O–H groups in total. The molecule has 0 atom stereocenters. The molecule has 0 heterocycles. The SMILES string of the molecule is CCN(CC)C(=O)CCC(=O)Nc1cc(Cl)c(O)c(Cl)c1. The Bertz CT molecular complexity index is 508. The van der Waals surface area contributed by atoms with Gasteiger partial charge in [-0.15, -0.1) is 0 Å². The Morgan fingerprint density at radius 3 is 2.14 bits per heavy atom. The molecule has 0 aliphatic rings. The van der Waals surface area contributed by atoms with Gasteiger partial charge in [-0.05, 0) is 26.0 Å². The highest BCUT2D eigenvalue weighted by Gasteiger charge is 2.13. The molecule has 0 spiro atoms. The Hall–Kier alpha value is -1.46. The van der Waals surface area contributed by atoms with Crippen molar-refractivity contribution in [1.82, 2.24) is 4.90 Å². The third-order valence-electron chi connectivity index (χ3n) is 2.98. The number of hydrogen-bond donors (Lipinski definition) is 2. The second-order valence-corrected chi connectivity index (χ2v) is 5.22. The third-order valence-corrected chi connectivity index (χ3v) is 3.56. The second-order valence-electron chi connectivity index (χ2n) is 4.40. The molecule has 0 saturated carbocycles.